The first-order valence-electron chi connectivity index (χ1n) is 9.08. The first kappa shape index (κ1) is 15.5. The smallest absolute Gasteiger partial charge is 0.319 e. The highest BCUT2D eigenvalue weighted by Gasteiger charge is 2.52. The lowest BCUT2D eigenvalue weighted by Crippen LogP contribution is -2.51. The first-order valence-corrected chi connectivity index (χ1v) is 9.08. The number of carbonyl (C=O) groups excluding carboxylic acids is 2. The first-order chi connectivity index (χ1) is 11.7. The molecule has 3 saturated heterocycles. The second-order valence-corrected chi connectivity index (χ2v) is 7.29. The second-order valence-electron chi connectivity index (χ2n) is 7.29. The number of likely N-dealkylation sites (tertiary alicyclic amines) is 2. The minimum Gasteiger partial charge on any atom is -0.355 e. The van der Waals surface area contributed by atoms with Crippen molar-refractivity contribution in [1.29, 1.82) is 0 Å². The summed E-state index contributed by atoms with van der Waals surface area (Å²) in [6.45, 7) is 3.85. The van der Waals surface area contributed by atoms with Crippen LogP contribution in [0.2, 0.25) is 0 Å². The van der Waals surface area contributed by atoms with Crippen molar-refractivity contribution in [3.63, 3.8) is 0 Å². The van der Waals surface area contributed by atoms with Crippen LogP contribution in [0.4, 0.5) is 4.79 Å². The molecule has 1 atom stereocenters. The summed E-state index contributed by atoms with van der Waals surface area (Å²) >= 11 is 0. The van der Waals surface area contributed by atoms with Gasteiger partial charge in [0.15, 0.2) is 0 Å². The highest BCUT2D eigenvalue weighted by atomic mass is 16.2. The van der Waals surface area contributed by atoms with Crippen LogP contribution in [0.3, 0.4) is 0 Å². The zero-order chi connectivity index (χ0) is 16.6. The molecule has 4 rings (SSSR count). The molecule has 3 aliphatic heterocycles. The van der Waals surface area contributed by atoms with Gasteiger partial charge in [0.1, 0.15) is 0 Å². The third-order valence-electron chi connectivity index (χ3n) is 6.09. The van der Waals surface area contributed by atoms with E-state index in [-0.39, 0.29) is 23.3 Å². The van der Waals surface area contributed by atoms with Crippen LogP contribution >= 0.6 is 0 Å². The number of nitrogens with zero attached hydrogens (tertiary/aromatic N) is 2. The molecule has 0 aliphatic carbocycles. The van der Waals surface area contributed by atoms with Crippen LogP contribution in [0.5, 0.6) is 0 Å². The quantitative estimate of drug-likeness (QED) is 0.860. The number of nitrogens with one attached hydrogen (secondary N) is 1. The molecule has 3 aliphatic rings. The van der Waals surface area contributed by atoms with Gasteiger partial charge in [0.2, 0.25) is 5.91 Å². The minimum absolute atomic E-state index is 0.164. The van der Waals surface area contributed by atoms with E-state index in [0.717, 1.165) is 38.8 Å². The van der Waals surface area contributed by atoms with Crippen molar-refractivity contribution in [2.75, 3.05) is 32.7 Å². The standard InChI is InChI=1S/C19H25N3O2/c23-17-19(16(14-20-17)15-6-2-1-3-7-15)8-12-22(13-9-19)18(24)21-10-4-5-11-21/h1-3,6-7,16H,4-5,8-14H2,(H,20,23). The summed E-state index contributed by atoms with van der Waals surface area (Å²) < 4.78 is 0. The van der Waals surface area contributed by atoms with Crippen LogP contribution < -0.4 is 5.32 Å². The Morgan fingerprint density at radius 1 is 1.00 bits per heavy atom. The van der Waals surface area contributed by atoms with Crippen molar-refractivity contribution in [2.24, 2.45) is 5.41 Å². The van der Waals surface area contributed by atoms with Gasteiger partial charge >= 0.3 is 6.03 Å². The van der Waals surface area contributed by atoms with E-state index in [1.165, 1.54) is 5.56 Å². The normalized spacial score (nSPS) is 26.0. The molecule has 1 aromatic rings. The van der Waals surface area contributed by atoms with E-state index in [0.29, 0.717) is 19.6 Å². The predicted molar refractivity (Wildman–Crippen MR) is 91.6 cm³/mol. The van der Waals surface area contributed by atoms with Crippen LogP contribution in [0.15, 0.2) is 30.3 Å². The molecular formula is C19H25N3O2. The number of carbonyl (C=O) groups is 2. The Morgan fingerprint density at radius 2 is 1.62 bits per heavy atom. The molecule has 5 nitrogen and oxygen atoms in total. The Labute approximate surface area is 143 Å². The fourth-order valence-corrected chi connectivity index (χ4v) is 4.63. The highest BCUT2D eigenvalue weighted by molar-refractivity contribution is 5.87. The molecule has 1 spiro atoms. The van der Waals surface area contributed by atoms with Crippen LogP contribution in [0.1, 0.15) is 37.2 Å². The van der Waals surface area contributed by atoms with E-state index in [9.17, 15) is 9.59 Å². The van der Waals surface area contributed by atoms with E-state index in [4.69, 9.17) is 0 Å². The van der Waals surface area contributed by atoms with Crippen LogP contribution in [-0.4, -0.2) is 54.5 Å². The van der Waals surface area contributed by atoms with Crippen molar-refractivity contribution < 1.29 is 9.59 Å². The molecule has 1 unspecified atom stereocenters. The SMILES string of the molecule is O=C(N1CCCC1)N1CCC2(CC1)C(=O)NCC2c1ccccc1. The number of urea groups is 1. The summed E-state index contributed by atoms with van der Waals surface area (Å²) in [5.74, 6) is 0.389. The molecule has 3 heterocycles. The summed E-state index contributed by atoms with van der Waals surface area (Å²) in [4.78, 5) is 29.1. The largest absolute Gasteiger partial charge is 0.355 e. The van der Waals surface area contributed by atoms with Crippen LogP contribution in [0, 0.1) is 5.41 Å². The molecule has 5 heteroatoms. The fraction of sp³-hybridized carbons (Fsp3) is 0.579. The number of hydrogen-bond donors (Lipinski definition) is 1. The van der Waals surface area contributed by atoms with E-state index in [1.54, 1.807) is 0 Å². The van der Waals surface area contributed by atoms with E-state index >= 15 is 0 Å². The van der Waals surface area contributed by atoms with E-state index in [2.05, 4.69) is 17.4 Å². The summed E-state index contributed by atoms with van der Waals surface area (Å²) in [6.07, 6.45) is 3.75. The molecule has 1 aromatic carbocycles. The third kappa shape index (κ3) is 2.46. The molecule has 24 heavy (non-hydrogen) atoms. The summed E-state index contributed by atoms with van der Waals surface area (Å²) in [6, 6.07) is 10.5. The van der Waals surface area contributed by atoms with Gasteiger partial charge in [-0.3, -0.25) is 4.79 Å². The lowest BCUT2D eigenvalue weighted by atomic mass is 9.68. The molecule has 3 amide bonds. The average molecular weight is 327 g/mol. The van der Waals surface area contributed by atoms with Gasteiger partial charge in [-0.1, -0.05) is 30.3 Å². The second kappa shape index (κ2) is 6.11. The maximum absolute atomic E-state index is 12.6. The maximum atomic E-state index is 12.6. The Balaban J connectivity index is 1.49. The summed E-state index contributed by atoms with van der Waals surface area (Å²) in [7, 11) is 0. The molecular weight excluding hydrogens is 302 g/mol. The van der Waals surface area contributed by atoms with Gasteiger partial charge in [-0.25, -0.2) is 4.79 Å². The van der Waals surface area contributed by atoms with Crippen molar-refractivity contribution in [3.05, 3.63) is 35.9 Å². The molecule has 0 radical (unpaired) electrons. The third-order valence-corrected chi connectivity index (χ3v) is 6.09. The summed E-state index contributed by atoms with van der Waals surface area (Å²) in [5.41, 5.74) is 0.888. The van der Waals surface area contributed by atoms with E-state index < -0.39 is 0 Å². The summed E-state index contributed by atoms with van der Waals surface area (Å²) in [5, 5.41) is 3.08. The Hall–Kier alpha value is -2.04. The number of benzene rings is 1. The molecule has 0 bridgehead atoms. The lowest BCUT2D eigenvalue weighted by molar-refractivity contribution is -0.130. The minimum atomic E-state index is -0.344. The maximum Gasteiger partial charge on any atom is 0.319 e. The number of rotatable bonds is 1. The molecule has 128 valence electrons. The average Bonchev–Trinajstić information content (AvgIpc) is 3.26. The van der Waals surface area contributed by atoms with Crippen LogP contribution in [-0.2, 0) is 4.79 Å². The van der Waals surface area contributed by atoms with Gasteiger partial charge in [-0.05, 0) is 31.2 Å². The Morgan fingerprint density at radius 3 is 2.29 bits per heavy atom. The van der Waals surface area contributed by atoms with Gasteiger partial charge in [0.25, 0.3) is 0 Å². The predicted octanol–water partition coefficient (Wildman–Crippen LogP) is 2.20. The number of amides is 3. The Kier molecular flexibility index (Phi) is 3.94. The van der Waals surface area contributed by atoms with Crippen molar-refractivity contribution in [2.45, 2.75) is 31.6 Å². The van der Waals surface area contributed by atoms with Gasteiger partial charge in [-0.2, -0.15) is 0 Å². The topological polar surface area (TPSA) is 52.7 Å². The van der Waals surface area contributed by atoms with Gasteiger partial charge < -0.3 is 15.1 Å². The molecule has 0 saturated carbocycles. The fourth-order valence-electron chi connectivity index (χ4n) is 4.63. The van der Waals surface area contributed by atoms with Crippen molar-refractivity contribution >= 4 is 11.9 Å². The number of piperidine rings is 1. The van der Waals surface area contributed by atoms with Gasteiger partial charge in [0.05, 0.1) is 5.41 Å². The lowest BCUT2D eigenvalue weighted by Gasteiger charge is -2.42. The Bertz CT molecular complexity index is 617. The van der Waals surface area contributed by atoms with Crippen LogP contribution in [0.25, 0.3) is 0 Å². The zero-order valence-electron chi connectivity index (χ0n) is 14.0. The number of hydrogen-bond acceptors (Lipinski definition) is 2. The monoisotopic (exact) mass is 327 g/mol. The highest BCUT2D eigenvalue weighted by Crippen LogP contribution is 2.47. The molecule has 0 aromatic heterocycles. The molecule has 1 N–H and O–H groups in total. The molecule has 3 fully saturated rings. The van der Waals surface area contributed by atoms with E-state index in [1.807, 2.05) is 28.0 Å². The van der Waals surface area contributed by atoms with Gasteiger partial charge in [0, 0.05) is 38.6 Å². The zero-order valence-corrected chi connectivity index (χ0v) is 14.0. The van der Waals surface area contributed by atoms with Crippen molar-refractivity contribution in [1.82, 2.24) is 15.1 Å². The van der Waals surface area contributed by atoms with Gasteiger partial charge in [-0.15, -0.1) is 0 Å². The van der Waals surface area contributed by atoms with Crippen molar-refractivity contribution in [3.8, 4) is 0 Å².